The standard InChI is InChI=1S/C31H50O/c1-9-31-17-12-21(20(2)3)26(31)22-10-11-24-28(6)15-14-25(32)27(4,5)23(28)13-16-30(24,8)29(22,7)18-19-31/h21-24,26H,2,9-19H2,1,3-8H3/t21-,22?,23-,24+,26+,28-,29+,30+,31+/m0/s1. The van der Waals surface area contributed by atoms with Crippen molar-refractivity contribution in [3.63, 3.8) is 0 Å². The van der Waals surface area contributed by atoms with Crippen LogP contribution >= 0.6 is 0 Å². The van der Waals surface area contributed by atoms with Crippen LogP contribution in [0.3, 0.4) is 0 Å². The first-order valence-electron chi connectivity index (χ1n) is 14.1. The zero-order chi connectivity index (χ0) is 23.3. The number of fused-ring (bicyclic) bond motifs is 7. The highest BCUT2D eigenvalue weighted by atomic mass is 16.1. The zero-order valence-electron chi connectivity index (χ0n) is 22.3. The van der Waals surface area contributed by atoms with Gasteiger partial charge in [-0.25, -0.2) is 0 Å². The van der Waals surface area contributed by atoms with Gasteiger partial charge in [-0.1, -0.05) is 60.1 Å². The Balaban J connectivity index is 1.56. The van der Waals surface area contributed by atoms with Gasteiger partial charge >= 0.3 is 0 Å². The van der Waals surface area contributed by atoms with Crippen molar-refractivity contribution in [2.45, 2.75) is 119 Å². The van der Waals surface area contributed by atoms with Crippen LogP contribution in [0, 0.1) is 56.7 Å². The van der Waals surface area contributed by atoms with E-state index in [0.29, 0.717) is 33.4 Å². The van der Waals surface area contributed by atoms with Gasteiger partial charge in [0.05, 0.1) is 0 Å². The molecule has 0 N–H and O–H groups in total. The summed E-state index contributed by atoms with van der Waals surface area (Å²) in [6, 6.07) is 0. The van der Waals surface area contributed by atoms with E-state index in [9.17, 15) is 4.79 Å². The maximum atomic E-state index is 12.9. The lowest BCUT2D eigenvalue weighted by Gasteiger charge is -2.72. The lowest BCUT2D eigenvalue weighted by atomic mass is 9.32. The highest BCUT2D eigenvalue weighted by Crippen LogP contribution is 2.77. The number of carbonyl (C=O) groups excluding carboxylic acids is 1. The molecule has 0 bridgehead atoms. The molecule has 5 rings (SSSR count). The number of carbonyl (C=O) groups is 1. The number of rotatable bonds is 2. The predicted molar refractivity (Wildman–Crippen MR) is 134 cm³/mol. The Kier molecular flexibility index (Phi) is 5.05. The second-order valence-corrected chi connectivity index (χ2v) is 14.5. The van der Waals surface area contributed by atoms with Crippen LogP contribution in [0.25, 0.3) is 0 Å². The van der Waals surface area contributed by atoms with Crippen LogP contribution in [0.15, 0.2) is 12.2 Å². The molecule has 0 amide bonds. The van der Waals surface area contributed by atoms with Gasteiger partial charge in [-0.3, -0.25) is 4.79 Å². The Bertz CT molecular complexity index is 822. The molecule has 0 heterocycles. The summed E-state index contributed by atoms with van der Waals surface area (Å²) in [7, 11) is 0. The van der Waals surface area contributed by atoms with Crippen molar-refractivity contribution in [2.75, 3.05) is 0 Å². The SMILES string of the molecule is C=C(C)[C@@H]1CC[C@]2(CC)CC[C@]3(C)C(CC[C@@H]4[C@@]5(C)CCC(=O)C(C)(C)[C@@H]5CC[C@]43C)[C@@H]12. The number of hydrogen-bond donors (Lipinski definition) is 0. The van der Waals surface area contributed by atoms with Gasteiger partial charge in [0, 0.05) is 11.8 Å². The molecule has 0 aromatic heterocycles. The van der Waals surface area contributed by atoms with Crippen molar-refractivity contribution >= 4 is 5.78 Å². The van der Waals surface area contributed by atoms with Crippen molar-refractivity contribution < 1.29 is 4.79 Å². The molecule has 1 heteroatoms. The third kappa shape index (κ3) is 2.61. The van der Waals surface area contributed by atoms with Crippen LogP contribution in [-0.2, 0) is 4.79 Å². The molecule has 5 aliphatic carbocycles. The molecule has 9 atom stereocenters. The topological polar surface area (TPSA) is 17.1 Å². The number of ketones is 1. The molecule has 1 nitrogen and oxygen atoms in total. The Hall–Kier alpha value is -0.590. The summed E-state index contributed by atoms with van der Waals surface area (Å²) in [4.78, 5) is 12.9. The minimum Gasteiger partial charge on any atom is -0.299 e. The Morgan fingerprint density at radius 1 is 0.875 bits per heavy atom. The quantitative estimate of drug-likeness (QED) is 0.394. The van der Waals surface area contributed by atoms with E-state index in [4.69, 9.17) is 0 Å². The first-order valence-corrected chi connectivity index (χ1v) is 14.1. The molecule has 5 fully saturated rings. The molecular weight excluding hydrogens is 388 g/mol. The molecule has 5 aliphatic rings. The molecule has 32 heavy (non-hydrogen) atoms. The van der Waals surface area contributed by atoms with E-state index in [1.54, 1.807) is 0 Å². The molecular formula is C31H50O. The van der Waals surface area contributed by atoms with Crippen LogP contribution in [0.1, 0.15) is 119 Å². The van der Waals surface area contributed by atoms with Crippen molar-refractivity contribution in [3.05, 3.63) is 12.2 Å². The van der Waals surface area contributed by atoms with Gasteiger partial charge in [0.25, 0.3) is 0 Å². The Morgan fingerprint density at radius 3 is 2.25 bits per heavy atom. The van der Waals surface area contributed by atoms with E-state index >= 15 is 0 Å². The monoisotopic (exact) mass is 438 g/mol. The van der Waals surface area contributed by atoms with Crippen LogP contribution in [0.4, 0.5) is 0 Å². The summed E-state index contributed by atoms with van der Waals surface area (Å²) in [5, 5.41) is 0. The molecule has 0 aromatic carbocycles. The van der Waals surface area contributed by atoms with Crippen LogP contribution < -0.4 is 0 Å². The van der Waals surface area contributed by atoms with E-state index in [0.717, 1.165) is 36.5 Å². The molecule has 180 valence electrons. The van der Waals surface area contributed by atoms with Crippen molar-refractivity contribution in [2.24, 2.45) is 56.7 Å². The smallest absolute Gasteiger partial charge is 0.138 e. The highest BCUT2D eigenvalue weighted by molar-refractivity contribution is 5.85. The lowest BCUT2D eigenvalue weighted by Crippen LogP contribution is -2.66. The van der Waals surface area contributed by atoms with Gasteiger partial charge in [-0.15, -0.1) is 0 Å². The number of hydrogen-bond acceptors (Lipinski definition) is 1. The third-order valence-electron chi connectivity index (χ3n) is 13.7. The summed E-state index contributed by atoms with van der Waals surface area (Å²) in [5.74, 6) is 4.35. The summed E-state index contributed by atoms with van der Waals surface area (Å²) in [6.45, 7) is 21.9. The Labute approximate surface area is 198 Å². The maximum absolute atomic E-state index is 12.9. The van der Waals surface area contributed by atoms with Crippen LogP contribution in [-0.4, -0.2) is 5.78 Å². The average Bonchev–Trinajstić information content (AvgIpc) is 3.12. The second-order valence-electron chi connectivity index (χ2n) is 14.5. The van der Waals surface area contributed by atoms with Gasteiger partial charge in [-0.2, -0.15) is 0 Å². The fraction of sp³-hybridized carbons (Fsp3) is 0.903. The minimum absolute atomic E-state index is 0.132. The van der Waals surface area contributed by atoms with Gasteiger partial charge in [-0.05, 0) is 116 Å². The van der Waals surface area contributed by atoms with E-state index in [-0.39, 0.29) is 5.41 Å². The largest absolute Gasteiger partial charge is 0.299 e. The lowest BCUT2D eigenvalue weighted by molar-refractivity contribution is -0.234. The van der Waals surface area contributed by atoms with E-state index in [1.165, 1.54) is 63.4 Å². The predicted octanol–water partition coefficient (Wildman–Crippen LogP) is 8.62. The second kappa shape index (κ2) is 6.97. The highest BCUT2D eigenvalue weighted by Gasteiger charge is 2.70. The Morgan fingerprint density at radius 2 is 1.59 bits per heavy atom. The summed E-state index contributed by atoms with van der Waals surface area (Å²) in [6.07, 6.45) is 14.4. The van der Waals surface area contributed by atoms with Gasteiger partial charge in [0.2, 0.25) is 0 Å². The molecule has 0 aliphatic heterocycles. The molecule has 1 unspecified atom stereocenters. The van der Waals surface area contributed by atoms with Crippen molar-refractivity contribution in [3.8, 4) is 0 Å². The zero-order valence-corrected chi connectivity index (χ0v) is 22.3. The van der Waals surface area contributed by atoms with Crippen molar-refractivity contribution in [1.29, 1.82) is 0 Å². The summed E-state index contributed by atoms with van der Waals surface area (Å²) >= 11 is 0. The summed E-state index contributed by atoms with van der Waals surface area (Å²) < 4.78 is 0. The fourth-order valence-electron chi connectivity index (χ4n) is 11.7. The van der Waals surface area contributed by atoms with E-state index < -0.39 is 0 Å². The average molecular weight is 439 g/mol. The van der Waals surface area contributed by atoms with E-state index in [2.05, 4.69) is 55.0 Å². The normalized spacial score (nSPS) is 54.2. The van der Waals surface area contributed by atoms with Crippen molar-refractivity contribution in [1.82, 2.24) is 0 Å². The third-order valence-corrected chi connectivity index (χ3v) is 13.7. The van der Waals surface area contributed by atoms with Crippen LogP contribution in [0.2, 0.25) is 0 Å². The maximum Gasteiger partial charge on any atom is 0.138 e. The first kappa shape index (κ1) is 23.2. The van der Waals surface area contributed by atoms with Crippen LogP contribution in [0.5, 0.6) is 0 Å². The molecule has 0 aromatic rings. The first-order chi connectivity index (χ1) is 14.9. The molecule has 5 saturated carbocycles. The molecule has 0 radical (unpaired) electrons. The fourth-order valence-corrected chi connectivity index (χ4v) is 11.7. The minimum atomic E-state index is -0.132. The van der Waals surface area contributed by atoms with E-state index in [1.807, 2.05) is 0 Å². The van der Waals surface area contributed by atoms with Gasteiger partial charge in [0.1, 0.15) is 5.78 Å². The summed E-state index contributed by atoms with van der Waals surface area (Å²) in [5.41, 5.74) is 3.10. The molecule has 0 saturated heterocycles. The number of allylic oxidation sites excluding steroid dienone is 1. The molecule has 0 spiro atoms. The van der Waals surface area contributed by atoms with Gasteiger partial charge < -0.3 is 0 Å². The number of Topliss-reactive ketones (excluding diaryl/α,β-unsaturated/α-hetero) is 1. The van der Waals surface area contributed by atoms with Gasteiger partial charge in [0.15, 0.2) is 0 Å².